The van der Waals surface area contributed by atoms with Crippen molar-refractivity contribution >= 4 is 28.6 Å². The lowest BCUT2D eigenvalue weighted by Gasteiger charge is -2.37. The van der Waals surface area contributed by atoms with Crippen molar-refractivity contribution < 1.29 is 14.3 Å². The monoisotopic (exact) mass is 394 g/mol. The third kappa shape index (κ3) is 6.12. The average Bonchev–Trinajstić information content (AvgIpc) is 2.36. The molecule has 0 spiro atoms. The van der Waals surface area contributed by atoms with E-state index in [4.69, 9.17) is 9.47 Å². The normalized spacial score (nSPS) is 28.8. The van der Waals surface area contributed by atoms with Gasteiger partial charge in [-0.2, -0.15) is 0 Å². The van der Waals surface area contributed by atoms with Crippen LogP contribution in [0.25, 0.3) is 0 Å². The average molecular weight is 394 g/mol. The fourth-order valence-electron chi connectivity index (χ4n) is 2.83. The lowest BCUT2D eigenvalue weighted by Crippen LogP contribution is -2.35. The lowest BCUT2D eigenvalue weighted by atomic mass is 9.75. The van der Waals surface area contributed by atoms with Crippen LogP contribution >= 0.6 is 22.6 Å². The molecule has 1 fully saturated rings. The molecule has 0 aromatic heterocycles. The molecule has 0 bridgehead atoms. The van der Waals surface area contributed by atoms with Crippen molar-refractivity contribution in [1.82, 2.24) is 0 Å². The number of rotatable bonds is 6. The second-order valence-electron chi connectivity index (χ2n) is 5.96. The first-order valence-corrected chi connectivity index (χ1v) is 8.83. The van der Waals surface area contributed by atoms with E-state index in [2.05, 4.69) is 43.4 Å². The van der Waals surface area contributed by atoms with E-state index in [0.29, 0.717) is 24.5 Å². The fourth-order valence-corrected chi connectivity index (χ4v) is 3.41. The molecule has 0 radical (unpaired) electrons. The summed E-state index contributed by atoms with van der Waals surface area (Å²) in [6.45, 7) is 9.05. The van der Waals surface area contributed by atoms with E-state index in [9.17, 15) is 4.79 Å². The molecule has 0 saturated heterocycles. The molecular weight excluding hydrogens is 367 g/mol. The molecule has 0 aliphatic heterocycles. The summed E-state index contributed by atoms with van der Waals surface area (Å²) in [5.41, 5.74) is 0. The highest BCUT2D eigenvalue weighted by molar-refractivity contribution is 14.1. The van der Waals surface area contributed by atoms with Gasteiger partial charge in [0.2, 0.25) is 0 Å². The summed E-state index contributed by atoms with van der Waals surface area (Å²) < 4.78 is 11.0. The molecule has 4 unspecified atom stereocenters. The first-order chi connectivity index (χ1) is 9.43. The predicted molar refractivity (Wildman–Crippen MR) is 89.8 cm³/mol. The van der Waals surface area contributed by atoms with Crippen LogP contribution in [0.4, 0.5) is 0 Å². The smallest absolute Gasteiger partial charge is 0.330 e. The first-order valence-electron chi connectivity index (χ1n) is 7.58. The van der Waals surface area contributed by atoms with Crippen LogP contribution in [0.3, 0.4) is 0 Å². The van der Waals surface area contributed by atoms with Crippen LogP contribution in [-0.4, -0.2) is 22.8 Å². The van der Waals surface area contributed by atoms with Gasteiger partial charge in [0.15, 0.2) is 0 Å². The van der Waals surface area contributed by atoms with Crippen molar-refractivity contribution in [2.75, 3.05) is 6.61 Å². The Kier molecular flexibility index (Phi) is 8.10. The topological polar surface area (TPSA) is 35.5 Å². The number of esters is 1. The summed E-state index contributed by atoms with van der Waals surface area (Å²) in [6.07, 6.45) is 7.22. The molecule has 3 nitrogen and oxygen atoms in total. The number of carbonyl (C=O) groups excluding carboxylic acids is 1. The van der Waals surface area contributed by atoms with E-state index < -0.39 is 0 Å². The van der Waals surface area contributed by atoms with Crippen LogP contribution in [-0.2, 0) is 14.3 Å². The zero-order valence-corrected chi connectivity index (χ0v) is 15.1. The second kappa shape index (κ2) is 9.03. The summed E-state index contributed by atoms with van der Waals surface area (Å²) in [7, 11) is 0. The minimum atomic E-state index is -0.296. The number of ether oxygens (including phenoxy) is 2. The third-order valence-electron chi connectivity index (χ3n) is 3.94. The Bertz CT molecular complexity index is 328. The second-order valence-corrected chi connectivity index (χ2v) is 7.19. The maximum Gasteiger partial charge on any atom is 0.330 e. The number of hydrogen-bond acceptors (Lipinski definition) is 3. The van der Waals surface area contributed by atoms with E-state index in [1.807, 2.05) is 0 Å². The van der Waals surface area contributed by atoms with Crippen molar-refractivity contribution in [2.45, 2.75) is 57.2 Å². The van der Waals surface area contributed by atoms with Gasteiger partial charge in [-0.3, -0.25) is 0 Å². The van der Waals surface area contributed by atoms with Gasteiger partial charge in [-0.1, -0.05) is 27.2 Å². The Morgan fingerprint density at radius 1 is 1.40 bits per heavy atom. The van der Waals surface area contributed by atoms with Crippen molar-refractivity contribution in [3.63, 3.8) is 0 Å². The van der Waals surface area contributed by atoms with Crippen molar-refractivity contribution in [1.29, 1.82) is 0 Å². The van der Waals surface area contributed by atoms with Crippen molar-refractivity contribution in [3.8, 4) is 0 Å². The Hall–Kier alpha value is -0.100. The van der Waals surface area contributed by atoms with Gasteiger partial charge in [0.1, 0.15) is 4.11 Å². The van der Waals surface area contributed by atoms with Crippen LogP contribution in [0.2, 0.25) is 0 Å². The van der Waals surface area contributed by atoms with Crippen molar-refractivity contribution in [2.24, 2.45) is 17.8 Å². The molecular formula is C16H27IO3. The highest BCUT2D eigenvalue weighted by atomic mass is 127. The van der Waals surface area contributed by atoms with E-state index in [1.165, 1.54) is 18.9 Å². The lowest BCUT2D eigenvalue weighted by molar-refractivity contribution is -0.137. The third-order valence-corrected chi connectivity index (χ3v) is 4.65. The molecule has 116 valence electrons. The van der Waals surface area contributed by atoms with Crippen LogP contribution < -0.4 is 0 Å². The molecule has 1 aliphatic rings. The van der Waals surface area contributed by atoms with Gasteiger partial charge in [0, 0.05) is 6.08 Å². The molecule has 0 aromatic rings. The van der Waals surface area contributed by atoms with E-state index in [0.717, 1.165) is 12.3 Å². The zero-order valence-electron chi connectivity index (χ0n) is 13.0. The molecule has 1 aliphatic carbocycles. The highest BCUT2D eigenvalue weighted by Crippen LogP contribution is 2.36. The van der Waals surface area contributed by atoms with Gasteiger partial charge in [-0.15, -0.1) is 0 Å². The summed E-state index contributed by atoms with van der Waals surface area (Å²) in [6, 6.07) is 0. The molecule has 4 heteroatoms. The molecule has 4 atom stereocenters. The van der Waals surface area contributed by atoms with Gasteiger partial charge in [0.25, 0.3) is 0 Å². The summed E-state index contributed by atoms with van der Waals surface area (Å²) >= 11 is 2.23. The Balaban J connectivity index is 2.52. The number of alkyl halides is 1. The SMILES string of the molecule is CCOC(=O)/C=C/C(I)OC1CC(C)CCC1C(C)C. The molecule has 1 saturated carbocycles. The maximum absolute atomic E-state index is 11.3. The standard InChI is InChI=1S/C16H27IO3/c1-5-19-16(18)9-8-15(17)20-14-10-12(4)6-7-13(14)11(2)3/h8-9,11-15H,5-7,10H2,1-4H3/b9-8+. The van der Waals surface area contributed by atoms with Crippen LogP contribution in [0.15, 0.2) is 12.2 Å². The summed E-state index contributed by atoms with van der Waals surface area (Å²) in [5.74, 6) is 1.70. The minimum absolute atomic E-state index is 0.0754. The molecule has 0 aromatic carbocycles. The van der Waals surface area contributed by atoms with Gasteiger partial charge < -0.3 is 9.47 Å². The summed E-state index contributed by atoms with van der Waals surface area (Å²) in [5, 5.41) is 0. The van der Waals surface area contributed by atoms with Gasteiger partial charge in [-0.25, -0.2) is 4.79 Å². The quantitative estimate of drug-likeness (QED) is 0.291. The Labute approximate surface area is 136 Å². The molecule has 0 N–H and O–H groups in total. The van der Waals surface area contributed by atoms with E-state index in [-0.39, 0.29) is 10.1 Å². The minimum Gasteiger partial charge on any atom is -0.463 e. The maximum atomic E-state index is 11.3. The van der Waals surface area contributed by atoms with Crippen LogP contribution in [0.5, 0.6) is 0 Å². The molecule has 0 amide bonds. The van der Waals surface area contributed by atoms with Crippen LogP contribution in [0.1, 0.15) is 47.0 Å². The first kappa shape index (κ1) is 18.0. The Morgan fingerprint density at radius 2 is 2.10 bits per heavy atom. The molecule has 20 heavy (non-hydrogen) atoms. The van der Waals surface area contributed by atoms with E-state index >= 15 is 0 Å². The Morgan fingerprint density at radius 3 is 2.70 bits per heavy atom. The summed E-state index contributed by atoms with van der Waals surface area (Å²) in [4.78, 5) is 11.3. The number of hydrogen-bond donors (Lipinski definition) is 0. The largest absolute Gasteiger partial charge is 0.463 e. The zero-order chi connectivity index (χ0) is 15.1. The predicted octanol–water partition coefficient (Wildman–Crippen LogP) is 4.34. The van der Waals surface area contributed by atoms with Gasteiger partial charge in [-0.05, 0) is 66.2 Å². The van der Waals surface area contributed by atoms with Crippen LogP contribution in [0, 0.1) is 17.8 Å². The molecule has 1 rings (SSSR count). The van der Waals surface area contributed by atoms with Gasteiger partial charge in [0.05, 0.1) is 12.7 Å². The van der Waals surface area contributed by atoms with Gasteiger partial charge >= 0.3 is 5.97 Å². The van der Waals surface area contributed by atoms with Crippen molar-refractivity contribution in [3.05, 3.63) is 12.2 Å². The van der Waals surface area contributed by atoms with E-state index in [1.54, 1.807) is 13.0 Å². The number of carbonyl (C=O) groups is 1. The fraction of sp³-hybridized carbons (Fsp3) is 0.812. The molecule has 0 heterocycles. The number of halogens is 1. The highest BCUT2D eigenvalue weighted by Gasteiger charge is 2.32.